The molecule has 0 aliphatic carbocycles. The summed E-state index contributed by atoms with van der Waals surface area (Å²) in [6.45, 7) is 1.52. The van der Waals surface area contributed by atoms with Crippen LogP contribution in [0, 0.1) is 0 Å². The number of nitrogens with zero attached hydrogens (tertiary/aromatic N) is 4. The van der Waals surface area contributed by atoms with Gasteiger partial charge in [0, 0.05) is 41.5 Å². The summed E-state index contributed by atoms with van der Waals surface area (Å²) in [4.78, 5) is 10.8. The number of aromatic nitrogens is 3. The molecule has 0 radical (unpaired) electrons. The van der Waals surface area contributed by atoms with Crippen LogP contribution in [0.2, 0.25) is 5.02 Å². The average Bonchev–Trinajstić information content (AvgIpc) is 2.99. The molecule has 3 aromatic rings. The lowest BCUT2D eigenvalue weighted by Gasteiger charge is -2.25. The van der Waals surface area contributed by atoms with Crippen LogP contribution in [0.25, 0.3) is 11.3 Å². The fraction of sp³-hybridized carbons (Fsp3) is 0.188. The largest absolute Gasteiger partial charge is 0.360 e. The van der Waals surface area contributed by atoms with Crippen LogP contribution in [-0.2, 0) is 13.0 Å². The Bertz CT molecular complexity index is 786. The van der Waals surface area contributed by atoms with Crippen LogP contribution in [-0.4, -0.2) is 21.7 Å². The third-order valence-corrected chi connectivity index (χ3v) is 4.03. The Morgan fingerprint density at radius 3 is 2.64 bits per heavy atom. The number of rotatable bonds is 2. The number of anilines is 1. The zero-order valence-corrected chi connectivity index (χ0v) is 12.5. The number of halogens is 1. The molecule has 0 N–H and O–H groups in total. The molecule has 0 fully saturated rings. The highest BCUT2D eigenvalue weighted by molar-refractivity contribution is 6.30. The highest BCUT2D eigenvalue weighted by atomic mass is 35.5. The second kappa shape index (κ2) is 5.42. The monoisotopic (exact) mass is 312 g/mol. The molecule has 6 heteroatoms. The Morgan fingerprint density at radius 2 is 1.86 bits per heavy atom. The standard InChI is InChI=1S/C16H13ClN4O/c17-12-4-2-11(3-5-12)15-13-10-21(9-6-14(13)22-20-15)16-18-7-1-8-19-16/h1-5,7-8H,6,9-10H2. The van der Waals surface area contributed by atoms with Crippen molar-refractivity contribution in [1.82, 2.24) is 15.1 Å². The quantitative estimate of drug-likeness (QED) is 0.726. The van der Waals surface area contributed by atoms with Crippen molar-refractivity contribution in [3.63, 3.8) is 0 Å². The van der Waals surface area contributed by atoms with Gasteiger partial charge >= 0.3 is 0 Å². The van der Waals surface area contributed by atoms with E-state index in [9.17, 15) is 0 Å². The van der Waals surface area contributed by atoms with Gasteiger partial charge in [0.05, 0.1) is 6.54 Å². The minimum absolute atomic E-state index is 0.695. The van der Waals surface area contributed by atoms with Gasteiger partial charge in [0.2, 0.25) is 5.95 Å². The molecule has 22 heavy (non-hydrogen) atoms. The molecule has 1 aromatic carbocycles. The Balaban J connectivity index is 1.69. The first-order valence-electron chi connectivity index (χ1n) is 7.06. The van der Waals surface area contributed by atoms with E-state index in [2.05, 4.69) is 20.0 Å². The van der Waals surface area contributed by atoms with Gasteiger partial charge in [-0.2, -0.15) is 0 Å². The van der Waals surface area contributed by atoms with Crippen LogP contribution in [0.1, 0.15) is 11.3 Å². The molecule has 2 aromatic heterocycles. The molecule has 1 aliphatic rings. The van der Waals surface area contributed by atoms with Crippen LogP contribution in [0.15, 0.2) is 47.2 Å². The van der Waals surface area contributed by atoms with E-state index in [0.717, 1.165) is 41.5 Å². The van der Waals surface area contributed by atoms with Crippen molar-refractivity contribution in [3.8, 4) is 11.3 Å². The Morgan fingerprint density at radius 1 is 1.09 bits per heavy atom. The smallest absolute Gasteiger partial charge is 0.225 e. The van der Waals surface area contributed by atoms with Gasteiger partial charge in [-0.05, 0) is 18.2 Å². The lowest BCUT2D eigenvalue weighted by atomic mass is 10.0. The summed E-state index contributed by atoms with van der Waals surface area (Å²) in [5, 5.41) is 4.95. The van der Waals surface area contributed by atoms with Gasteiger partial charge < -0.3 is 9.42 Å². The molecule has 1 aliphatic heterocycles. The lowest BCUT2D eigenvalue weighted by molar-refractivity contribution is 0.378. The molecule has 0 atom stereocenters. The Hall–Kier alpha value is -2.40. The second-order valence-electron chi connectivity index (χ2n) is 5.16. The fourth-order valence-corrected chi connectivity index (χ4v) is 2.79. The topological polar surface area (TPSA) is 55.1 Å². The van der Waals surface area contributed by atoms with Gasteiger partial charge in [-0.3, -0.25) is 0 Å². The molecule has 4 rings (SSSR count). The molecule has 0 spiro atoms. The summed E-state index contributed by atoms with van der Waals surface area (Å²) in [5.41, 5.74) is 2.97. The van der Waals surface area contributed by atoms with Crippen molar-refractivity contribution in [2.75, 3.05) is 11.4 Å². The summed E-state index contributed by atoms with van der Waals surface area (Å²) in [5.74, 6) is 1.67. The first-order chi connectivity index (χ1) is 10.8. The normalized spacial score (nSPS) is 14.0. The summed E-state index contributed by atoms with van der Waals surface area (Å²) >= 11 is 5.95. The third-order valence-electron chi connectivity index (χ3n) is 3.78. The van der Waals surface area contributed by atoms with Crippen molar-refractivity contribution in [1.29, 1.82) is 0 Å². The highest BCUT2D eigenvalue weighted by Crippen LogP contribution is 2.31. The first kappa shape index (κ1) is 13.3. The SMILES string of the molecule is Clc1ccc(-c2noc3c2CN(c2ncccn2)CC3)cc1. The first-order valence-corrected chi connectivity index (χ1v) is 7.44. The maximum Gasteiger partial charge on any atom is 0.225 e. The third kappa shape index (κ3) is 2.33. The predicted molar refractivity (Wildman–Crippen MR) is 83.7 cm³/mol. The summed E-state index contributed by atoms with van der Waals surface area (Å²) in [6.07, 6.45) is 4.31. The second-order valence-corrected chi connectivity index (χ2v) is 5.60. The van der Waals surface area contributed by atoms with E-state index in [-0.39, 0.29) is 0 Å². The van der Waals surface area contributed by atoms with Crippen molar-refractivity contribution >= 4 is 17.5 Å². The van der Waals surface area contributed by atoms with E-state index in [1.54, 1.807) is 12.4 Å². The van der Waals surface area contributed by atoms with Gasteiger partial charge in [-0.15, -0.1) is 0 Å². The van der Waals surface area contributed by atoms with E-state index in [0.29, 0.717) is 11.6 Å². The molecule has 0 bridgehead atoms. The van der Waals surface area contributed by atoms with E-state index in [4.69, 9.17) is 16.1 Å². The van der Waals surface area contributed by atoms with Crippen LogP contribution >= 0.6 is 11.6 Å². The summed E-state index contributed by atoms with van der Waals surface area (Å²) in [6, 6.07) is 9.45. The van der Waals surface area contributed by atoms with Gasteiger partial charge in [-0.25, -0.2) is 9.97 Å². The predicted octanol–water partition coefficient (Wildman–Crippen LogP) is 3.35. The number of hydrogen-bond donors (Lipinski definition) is 0. The number of benzene rings is 1. The molecule has 5 nitrogen and oxygen atoms in total. The molecule has 0 saturated carbocycles. The van der Waals surface area contributed by atoms with E-state index >= 15 is 0 Å². The molecule has 0 unspecified atom stereocenters. The average molecular weight is 313 g/mol. The maximum absolute atomic E-state index is 5.95. The lowest BCUT2D eigenvalue weighted by Crippen LogP contribution is -2.31. The van der Waals surface area contributed by atoms with Crippen LogP contribution < -0.4 is 4.90 Å². The van der Waals surface area contributed by atoms with Crippen LogP contribution in [0.4, 0.5) is 5.95 Å². The maximum atomic E-state index is 5.95. The van der Waals surface area contributed by atoms with Crippen LogP contribution in [0.5, 0.6) is 0 Å². The molecule has 3 heterocycles. The summed E-state index contributed by atoms with van der Waals surface area (Å²) in [7, 11) is 0. The number of fused-ring (bicyclic) bond motifs is 1. The van der Waals surface area contributed by atoms with Crippen LogP contribution in [0.3, 0.4) is 0 Å². The molecular formula is C16H13ClN4O. The van der Waals surface area contributed by atoms with Gasteiger partial charge in [0.15, 0.2) is 0 Å². The van der Waals surface area contributed by atoms with E-state index < -0.39 is 0 Å². The zero-order valence-electron chi connectivity index (χ0n) is 11.7. The fourth-order valence-electron chi connectivity index (χ4n) is 2.67. The minimum Gasteiger partial charge on any atom is -0.360 e. The van der Waals surface area contributed by atoms with Gasteiger partial charge in [0.1, 0.15) is 11.5 Å². The molecule has 0 saturated heterocycles. The van der Waals surface area contributed by atoms with E-state index in [1.807, 2.05) is 30.3 Å². The highest BCUT2D eigenvalue weighted by Gasteiger charge is 2.26. The number of hydrogen-bond acceptors (Lipinski definition) is 5. The van der Waals surface area contributed by atoms with Crippen molar-refractivity contribution in [2.24, 2.45) is 0 Å². The van der Waals surface area contributed by atoms with Crippen molar-refractivity contribution < 1.29 is 4.52 Å². The molecular weight excluding hydrogens is 300 g/mol. The minimum atomic E-state index is 0.695. The Kier molecular flexibility index (Phi) is 3.27. The van der Waals surface area contributed by atoms with Crippen molar-refractivity contribution in [2.45, 2.75) is 13.0 Å². The molecule has 110 valence electrons. The molecule has 0 amide bonds. The summed E-state index contributed by atoms with van der Waals surface area (Å²) < 4.78 is 5.51. The van der Waals surface area contributed by atoms with Gasteiger partial charge in [0.25, 0.3) is 0 Å². The van der Waals surface area contributed by atoms with Crippen molar-refractivity contribution in [3.05, 3.63) is 59.1 Å². The van der Waals surface area contributed by atoms with Gasteiger partial charge in [-0.1, -0.05) is 28.9 Å². The van der Waals surface area contributed by atoms with E-state index in [1.165, 1.54) is 0 Å². The Labute approximate surface area is 132 Å². The zero-order chi connectivity index (χ0) is 14.9.